The zero-order valence-corrected chi connectivity index (χ0v) is 9.10. The maximum absolute atomic E-state index is 5.26. The molecule has 12 heavy (non-hydrogen) atoms. The fourth-order valence-electron chi connectivity index (χ4n) is 1.59. The van der Waals surface area contributed by atoms with Crippen molar-refractivity contribution >= 4 is 0 Å². The minimum absolute atomic E-state index is 0.564. The van der Waals surface area contributed by atoms with E-state index < -0.39 is 0 Å². The third kappa shape index (κ3) is 5.59. The fourth-order valence-corrected chi connectivity index (χ4v) is 1.59. The summed E-state index contributed by atoms with van der Waals surface area (Å²) in [6.07, 6.45) is 7.13. The van der Waals surface area contributed by atoms with Crippen LogP contribution in [0.3, 0.4) is 0 Å². The van der Waals surface area contributed by atoms with Crippen LogP contribution < -0.4 is 0 Å². The van der Waals surface area contributed by atoms with Gasteiger partial charge in [-0.25, -0.2) is 0 Å². The minimum atomic E-state index is 0.564. The van der Waals surface area contributed by atoms with E-state index in [1.165, 1.54) is 32.1 Å². The first-order valence-corrected chi connectivity index (χ1v) is 5.27. The minimum Gasteiger partial charge on any atom is -0.381 e. The van der Waals surface area contributed by atoms with E-state index in [0.717, 1.165) is 5.92 Å². The first-order chi connectivity index (χ1) is 5.74. The standard InChI is InChI=1S/C8H16O.C3H8/c1-7-4-3-5-8(6-7)9-2;1-3-2/h7-8H,3-6H2,1-2H3;3H2,1-2H3/t7-,8+;/m1./s1. The predicted molar refractivity (Wildman–Crippen MR) is 54.4 cm³/mol. The van der Waals surface area contributed by atoms with Gasteiger partial charge >= 0.3 is 0 Å². The molecule has 1 saturated carbocycles. The van der Waals surface area contributed by atoms with Crippen molar-refractivity contribution in [3.05, 3.63) is 0 Å². The average molecular weight is 172 g/mol. The molecule has 1 heteroatoms. The SMILES string of the molecule is CCC.CO[C@H]1CCC[C@@H](C)C1. The van der Waals surface area contributed by atoms with Gasteiger partial charge in [-0.1, -0.05) is 40.0 Å². The zero-order valence-electron chi connectivity index (χ0n) is 9.10. The maximum atomic E-state index is 5.26. The van der Waals surface area contributed by atoms with E-state index >= 15 is 0 Å². The van der Waals surface area contributed by atoms with E-state index in [2.05, 4.69) is 20.8 Å². The van der Waals surface area contributed by atoms with Crippen molar-refractivity contribution in [1.82, 2.24) is 0 Å². The molecule has 0 unspecified atom stereocenters. The number of rotatable bonds is 1. The monoisotopic (exact) mass is 172 g/mol. The van der Waals surface area contributed by atoms with Gasteiger partial charge in [-0.15, -0.1) is 0 Å². The summed E-state index contributed by atoms with van der Waals surface area (Å²) in [7, 11) is 1.82. The van der Waals surface area contributed by atoms with Gasteiger partial charge in [0.15, 0.2) is 0 Å². The van der Waals surface area contributed by atoms with Gasteiger partial charge in [-0.3, -0.25) is 0 Å². The second kappa shape index (κ2) is 7.60. The van der Waals surface area contributed by atoms with Gasteiger partial charge in [0.2, 0.25) is 0 Å². The third-order valence-electron chi connectivity index (χ3n) is 2.22. The Hall–Kier alpha value is -0.0400. The summed E-state index contributed by atoms with van der Waals surface area (Å²) in [5, 5.41) is 0. The molecule has 74 valence electrons. The molecule has 1 aliphatic carbocycles. The first-order valence-electron chi connectivity index (χ1n) is 5.27. The van der Waals surface area contributed by atoms with Crippen LogP contribution in [0.25, 0.3) is 0 Å². The average Bonchev–Trinajstić information content (AvgIpc) is 2.06. The molecule has 0 radical (unpaired) electrons. The van der Waals surface area contributed by atoms with Crippen LogP contribution in [-0.4, -0.2) is 13.2 Å². The fraction of sp³-hybridized carbons (Fsp3) is 1.00. The van der Waals surface area contributed by atoms with Crippen molar-refractivity contribution in [3.63, 3.8) is 0 Å². The number of hydrogen-bond donors (Lipinski definition) is 0. The molecule has 1 aliphatic rings. The lowest BCUT2D eigenvalue weighted by Gasteiger charge is -2.25. The van der Waals surface area contributed by atoms with Crippen LogP contribution in [0.1, 0.15) is 52.9 Å². The van der Waals surface area contributed by atoms with Crippen molar-refractivity contribution < 1.29 is 4.74 Å². The van der Waals surface area contributed by atoms with Crippen LogP contribution in [-0.2, 0) is 4.74 Å². The molecule has 0 aromatic carbocycles. The Labute approximate surface area is 77.5 Å². The van der Waals surface area contributed by atoms with Gasteiger partial charge < -0.3 is 4.74 Å². The Bertz CT molecular complexity index is 91.0. The summed E-state index contributed by atoms with van der Waals surface area (Å²) in [5.41, 5.74) is 0. The first kappa shape index (κ1) is 12.0. The molecule has 0 heterocycles. The summed E-state index contributed by atoms with van der Waals surface area (Å²) < 4.78 is 5.26. The molecule has 0 aromatic heterocycles. The molecule has 0 saturated heterocycles. The third-order valence-corrected chi connectivity index (χ3v) is 2.22. The predicted octanol–water partition coefficient (Wildman–Crippen LogP) is 3.63. The highest BCUT2D eigenvalue weighted by molar-refractivity contribution is 4.69. The van der Waals surface area contributed by atoms with E-state index in [1.54, 1.807) is 0 Å². The van der Waals surface area contributed by atoms with Gasteiger partial charge in [0.05, 0.1) is 6.10 Å². The summed E-state index contributed by atoms with van der Waals surface area (Å²) in [4.78, 5) is 0. The zero-order chi connectivity index (χ0) is 9.40. The van der Waals surface area contributed by atoms with E-state index in [9.17, 15) is 0 Å². The van der Waals surface area contributed by atoms with Crippen LogP contribution >= 0.6 is 0 Å². The van der Waals surface area contributed by atoms with Gasteiger partial charge in [0.1, 0.15) is 0 Å². The molecule has 0 amide bonds. The van der Waals surface area contributed by atoms with E-state index in [-0.39, 0.29) is 0 Å². The highest BCUT2D eigenvalue weighted by atomic mass is 16.5. The molecule has 0 aliphatic heterocycles. The van der Waals surface area contributed by atoms with Crippen molar-refractivity contribution in [2.45, 2.75) is 59.0 Å². The molecule has 1 rings (SSSR count). The molecule has 0 bridgehead atoms. The van der Waals surface area contributed by atoms with E-state index in [0.29, 0.717) is 6.10 Å². The molecule has 0 spiro atoms. The Morgan fingerprint density at radius 3 is 2.17 bits per heavy atom. The van der Waals surface area contributed by atoms with Gasteiger partial charge in [-0.05, 0) is 18.8 Å². The second-order valence-corrected chi connectivity index (χ2v) is 3.84. The lowest BCUT2D eigenvalue weighted by atomic mass is 9.89. The Kier molecular flexibility index (Phi) is 7.58. The summed E-state index contributed by atoms with van der Waals surface area (Å²) >= 11 is 0. The quantitative estimate of drug-likeness (QED) is 0.587. The normalized spacial score (nSPS) is 29.0. The van der Waals surface area contributed by atoms with E-state index in [1.807, 2.05) is 7.11 Å². The summed E-state index contributed by atoms with van der Waals surface area (Å²) in [6, 6.07) is 0. The van der Waals surface area contributed by atoms with Crippen LogP contribution in [0.4, 0.5) is 0 Å². The number of methoxy groups -OCH3 is 1. The van der Waals surface area contributed by atoms with Gasteiger partial charge in [0.25, 0.3) is 0 Å². The highest BCUT2D eigenvalue weighted by Crippen LogP contribution is 2.24. The van der Waals surface area contributed by atoms with E-state index in [4.69, 9.17) is 4.74 Å². The second-order valence-electron chi connectivity index (χ2n) is 3.84. The molecular formula is C11H24O. The van der Waals surface area contributed by atoms with Crippen LogP contribution in [0.5, 0.6) is 0 Å². The Balaban J connectivity index is 0.000000354. The topological polar surface area (TPSA) is 9.23 Å². The molecular weight excluding hydrogens is 148 g/mol. The van der Waals surface area contributed by atoms with Gasteiger partial charge in [0, 0.05) is 7.11 Å². The largest absolute Gasteiger partial charge is 0.381 e. The highest BCUT2D eigenvalue weighted by Gasteiger charge is 2.17. The Morgan fingerprint density at radius 1 is 1.25 bits per heavy atom. The van der Waals surface area contributed by atoms with Crippen molar-refractivity contribution in [2.75, 3.05) is 7.11 Å². The Morgan fingerprint density at radius 2 is 1.83 bits per heavy atom. The smallest absolute Gasteiger partial charge is 0.0573 e. The maximum Gasteiger partial charge on any atom is 0.0573 e. The number of ether oxygens (including phenoxy) is 1. The molecule has 1 nitrogen and oxygen atoms in total. The molecule has 1 fully saturated rings. The summed E-state index contributed by atoms with van der Waals surface area (Å²) in [6.45, 7) is 6.56. The lowest BCUT2D eigenvalue weighted by molar-refractivity contribution is 0.0542. The summed E-state index contributed by atoms with van der Waals surface area (Å²) in [5.74, 6) is 0.892. The van der Waals surface area contributed by atoms with Crippen LogP contribution in [0.2, 0.25) is 0 Å². The van der Waals surface area contributed by atoms with Crippen molar-refractivity contribution in [2.24, 2.45) is 5.92 Å². The van der Waals surface area contributed by atoms with Crippen molar-refractivity contribution in [3.8, 4) is 0 Å². The van der Waals surface area contributed by atoms with Crippen LogP contribution in [0, 0.1) is 5.92 Å². The van der Waals surface area contributed by atoms with Crippen molar-refractivity contribution in [1.29, 1.82) is 0 Å². The van der Waals surface area contributed by atoms with Crippen LogP contribution in [0.15, 0.2) is 0 Å². The number of hydrogen-bond acceptors (Lipinski definition) is 1. The lowest BCUT2D eigenvalue weighted by Crippen LogP contribution is -2.19. The molecule has 2 atom stereocenters. The molecule has 0 aromatic rings. The molecule has 0 N–H and O–H groups in total. The van der Waals surface area contributed by atoms with Gasteiger partial charge in [-0.2, -0.15) is 0 Å².